The molecule has 0 saturated carbocycles. The molecule has 26 heavy (non-hydrogen) atoms. The number of carbonyl (C=O) groups is 2. The van der Waals surface area contributed by atoms with Crippen LogP contribution in [0.25, 0.3) is 11.3 Å². The summed E-state index contributed by atoms with van der Waals surface area (Å²) < 4.78 is 10.4. The lowest BCUT2D eigenvalue weighted by atomic mass is 10.2. The molecule has 134 valence electrons. The van der Waals surface area contributed by atoms with Gasteiger partial charge in [-0.1, -0.05) is 23.7 Å². The summed E-state index contributed by atoms with van der Waals surface area (Å²) in [5.74, 6) is 0.267. The van der Waals surface area contributed by atoms with Crippen molar-refractivity contribution in [1.82, 2.24) is 4.98 Å². The SMILES string of the molecule is COC(=O)c1sccc1NC(=O)CCc1ncc(-c2ccccc2Cl)o1. The highest BCUT2D eigenvalue weighted by molar-refractivity contribution is 7.12. The Hall–Kier alpha value is -2.64. The molecule has 0 fully saturated rings. The third-order valence-electron chi connectivity index (χ3n) is 3.57. The van der Waals surface area contributed by atoms with Crippen LogP contribution in [0.15, 0.2) is 46.3 Å². The van der Waals surface area contributed by atoms with Crippen LogP contribution in [0.5, 0.6) is 0 Å². The number of nitrogens with zero attached hydrogens (tertiary/aromatic N) is 1. The summed E-state index contributed by atoms with van der Waals surface area (Å²) in [4.78, 5) is 28.3. The molecule has 3 rings (SSSR count). The monoisotopic (exact) mass is 390 g/mol. The summed E-state index contributed by atoms with van der Waals surface area (Å²) in [6.07, 6.45) is 2.08. The van der Waals surface area contributed by atoms with Crippen molar-refractivity contribution in [1.29, 1.82) is 0 Å². The summed E-state index contributed by atoms with van der Waals surface area (Å²) in [5.41, 5.74) is 1.19. The van der Waals surface area contributed by atoms with E-state index in [2.05, 4.69) is 15.0 Å². The molecule has 1 amide bonds. The average molecular weight is 391 g/mol. The summed E-state index contributed by atoms with van der Waals surface area (Å²) in [6, 6.07) is 8.96. The lowest BCUT2D eigenvalue weighted by Gasteiger charge is -2.04. The fourth-order valence-corrected chi connectivity index (χ4v) is 3.30. The predicted octanol–water partition coefficient (Wildman–Crippen LogP) is 4.41. The number of hydrogen-bond acceptors (Lipinski definition) is 6. The molecule has 8 heteroatoms. The molecule has 2 heterocycles. The van der Waals surface area contributed by atoms with E-state index in [1.54, 1.807) is 23.7 Å². The molecule has 0 radical (unpaired) electrons. The minimum Gasteiger partial charge on any atom is -0.465 e. The number of oxazole rings is 1. The molecule has 0 unspecified atom stereocenters. The van der Waals surface area contributed by atoms with E-state index in [4.69, 9.17) is 16.0 Å². The fraction of sp³-hybridized carbons (Fsp3) is 0.167. The van der Waals surface area contributed by atoms with Crippen molar-refractivity contribution in [3.63, 3.8) is 0 Å². The normalized spacial score (nSPS) is 10.5. The molecule has 3 aromatic rings. The van der Waals surface area contributed by atoms with Crippen molar-refractivity contribution < 1.29 is 18.7 Å². The van der Waals surface area contributed by atoms with Gasteiger partial charge in [0.15, 0.2) is 11.7 Å². The first-order valence-electron chi connectivity index (χ1n) is 7.73. The smallest absolute Gasteiger partial charge is 0.350 e. The van der Waals surface area contributed by atoms with E-state index in [0.29, 0.717) is 33.7 Å². The second-order valence-corrected chi connectivity index (χ2v) is 6.62. The minimum atomic E-state index is -0.479. The molecule has 0 saturated heterocycles. The second kappa shape index (κ2) is 8.16. The van der Waals surface area contributed by atoms with Gasteiger partial charge in [0.1, 0.15) is 4.88 Å². The number of amides is 1. The number of aromatic nitrogens is 1. The Balaban J connectivity index is 1.60. The number of thiophene rings is 1. The van der Waals surface area contributed by atoms with E-state index in [1.807, 2.05) is 18.2 Å². The van der Waals surface area contributed by atoms with Gasteiger partial charge in [0.2, 0.25) is 5.91 Å². The van der Waals surface area contributed by atoms with Gasteiger partial charge in [-0.3, -0.25) is 4.79 Å². The lowest BCUT2D eigenvalue weighted by molar-refractivity contribution is -0.116. The molecule has 2 aromatic heterocycles. The van der Waals surface area contributed by atoms with E-state index in [9.17, 15) is 9.59 Å². The molecule has 1 N–H and O–H groups in total. The fourth-order valence-electron chi connectivity index (χ4n) is 2.30. The lowest BCUT2D eigenvalue weighted by Crippen LogP contribution is -2.14. The molecule has 0 aliphatic carbocycles. The van der Waals surface area contributed by atoms with Crippen molar-refractivity contribution in [3.8, 4) is 11.3 Å². The van der Waals surface area contributed by atoms with Gasteiger partial charge in [0, 0.05) is 18.4 Å². The Labute approximate surface area is 158 Å². The maximum absolute atomic E-state index is 12.1. The third-order valence-corrected chi connectivity index (χ3v) is 4.79. The van der Waals surface area contributed by atoms with Crippen molar-refractivity contribution in [2.45, 2.75) is 12.8 Å². The van der Waals surface area contributed by atoms with Crippen LogP contribution < -0.4 is 5.32 Å². The van der Waals surface area contributed by atoms with Gasteiger partial charge < -0.3 is 14.5 Å². The largest absolute Gasteiger partial charge is 0.465 e. The molecule has 6 nitrogen and oxygen atoms in total. The number of halogens is 1. The van der Waals surface area contributed by atoms with Crippen LogP contribution in [0.4, 0.5) is 5.69 Å². The van der Waals surface area contributed by atoms with Crippen molar-refractivity contribution in [2.75, 3.05) is 12.4 Å². The first kappa shape index (κ1) is 18.2. The molecular weight excluding hydrogens is 376 g/mol. The Morgan fingerprint density at radius 2 is 2.12 bits per heavy atom. The number of nitrogens with one attached hydrogen (secondary N) is 1. The van der Waals surface area contributed by atoms with E-state index in [-0.39, 0.29) is 12.3 Å². The Bertz CT molecular complexity index is 935. The number of carbonyl (C=O) groups excluding carboxylic acids is 2. The number of esters is 1. The number of ether oxygens (including phenoxy) is 1. The second-order valence-electron chi connectivity index (χ2n) is 5.30. The van der Waals surface area contributed by atoms with Crippen LogP contribution in [0.3, 0.4) is 0 Å². The van der Waals surface area contributed by atoms with Gasteiger partial charge in [0.05, 0.1) is 24.0 Å². The maximum atomic E-state index is 12.1. The summed E-state index contributed by atoms with van der Waals surface area (Å²) in [5, 5.41) is 4.99. The van der Waals surface area contributed by atoms with E-state index >= 15 is 0 Å². The minimum absolute atomic E-state index is 0.166. The number of hydrogen-bond donors (Lipinski definition) is 1. The first-order chi connectivity index (χ1) is 12.6. The van der Waals surface area contributed by atoms with Gasteiger partial charge in [-0.2, -0.15) is 0 Å². The molecular formula is C18H15ClN2O4S. The van der Waals surface area contributed by atoms with Crippen molar-refractivity contribution in [2.24, 2.45) is 0 Å². The van der Waals surface area contributed by atoms with Crippen LogP contribution in [0, 0.1) is 0 Å². The summed E-state index contributed by atoms with van der Waals surface area (Å²) in [6.45, 7) is 0. The quantitative estimate of drug-likeness (QED) is 0.630. The molecule has 0 atom stereocenters. The van der Waals surface area contributed by atoms with Crippen LogP contribution in [-0.4, -0.2) is 24.0 Å². The maximum Gasteiger partial charge on any atom is 0.350 e. The van der Waals surface area contributed by atoms with Crippen LogP contribution >= 0.6 is 22.9 Å². The van der Waals surface area contributed by atoms with Crippen LogP contribution in [0.2, 0.25) is 5.02 Å². The van der Waals surface area contributed by atoms with Gasteiger partial charge >= 0.3 is 5.97 Å². The van der Waals surface area contributed by atoms with Crippen LogP contribution in [-0.2, 0) is 16.0 Å². The highest BCUT2D eigenvalue weighted by Gasteiger charge is 2.16. The van der Waals surface area contributed by atoms with Crippen LogP contribution in [0.1, 0.15) is 22.0 Å². The van der Waals surface area contributed by atoms with Gasteiger partial charge in [-0.25, -0.2) is 9.78 Å². The van der Waals surface area contributed by atoms with E-state index in [0.717, 1.165) is 5.56 Å². The van der Waals surface area contributed by atoms with Gasteiger partial charge in [0.25, 0.3) is 0 Å². The van der Waals surface area contributed by atoms with Crippen molar-refractivity contribution in [3.05, 3.63) is 57.7 Å². The molecule has 0 spiro atoms. The van der Waals surface area contributed by atoms with Crippen molar-refractivity contribution >= 4 is 40.5 Å². The summed E-state index contributed by atoms with van der Waals surface area (Å²) >= 11 is 7.35. The highest BCUT2D eigenvalue weighted by Crippen LogP contribution is 2.28. The van der Waals surface area contributed by atoms with Gasteiger partial charge in [-0.15, -0.1) is 11.3 Å². The van der Waals surface area contributed by atoms with E-state index in [1.165, 1.54) is 18.4 Å². The zero-order valence-electron chi connectivity index (χ0n) is 13.8. The number of anilines is 1. The first-order valence-corrected chi connectivity index (χ1v) is 8.99. The Kier molecular flexibility index (Phi) is 5.70. The molecule has 0 aliphatic heterocycles. The Morgan fingerprint density at radius 1 is 1.31 bits per heavy atom. The summed E-state index contributed by atoms with van der Waals surface area (Å²) in [7, 11) is 1.30. The number of methoxy groups -OCH3 is 1. The van der Waals surface area contributed by atoms with Gasteiger partial charge in [-0.05, 0) is 23.6 Å². The topological polar surface area (TPSA) is 81.4 Å². The molecule has 1 aromatic carbocycles. The zero-order valence-corrected chi connectivity index (χ0v) is 15.4. The zero-order chi connectivity index (χ0) is 18.5. The highest BCUT2D eigenvalue weighted by atomic mass is 35.5. The van der Waals surface area contributed by atoms with E-state index < -0.39 is 5.97 Å². The molecule has 0 aliphatic rings. The number of rotatable bonds is 6. The molecule has 0 bridgehead atoms. The average Bonchev–Trinajstić information content (AvgIpc) is 3.29. The third kappa shape index (κ3) is 4.12. The Morgan fingerprint density at radius 3 is 2.88 bits per heavy atom. The number of aryl methyl sites for hydroxylation is 1. The standard InChI is InChI=1S/C18H15ClN2O4S/c1-24-18(23)17-13(8-9-26-17)21-15(22)6-7-16-20-10-14(25-16)11-4-2-3-5-12(11)19/h2-5,8-10H,6-7H2,1H3,(H,21,22). The predicted molar refractivity (Wildman–Crippen MR) is 99.6 cm³/mol. The number of benzene rings is 1.